The van der Waals surface area contributed by atoms with E-state index in [4.69, 9.17) is 5.39 Å². The smallest absolute Gasteiger partial charge is 0.505 e. The number of aliphatic hydroxyl groups excluding tert-OH is 1. The molecule has 0 bridgehead atoms. The third-order valence-electron chi connectivity index (χ3n) is 3.96. The van der Waals surface area contributed by atoms with Crippen molar-refractivity contribution in [3.63, 3.8) is 0 Å². The summed E-state index contributed by atoms with van der Waals surface area (Å²) in [6.07, 6.45) is 2.88. The van der Waals surface area contributed by atoms with Crippen LogP contribution >= 0.6 is 11.8 Å². The van der Waals surface area contributed by atoms with Crippen LogP contribution in [-0.4, -0.2) is 23.9 Å². The number of ether oxygens (including phenoxy) is 1. The number of hydrogen-bond donors (Lipinski definition) is 1. The number of carbonyl (C=O) groups is 1. The van der Waals surface area contributed by atoms with Crippen LogP contribution in [0.25, 0.3) is 4.98 Å². The summed E-state index contributed by atoms with van der Waals surface area (Å²) < 4.78 is 4.48. The highest BCUT2D eigenvalue weighted by molar-refractivity contribution is 7.99. The molecule has 0 saturated heterocycles. The fourth-order valence-electron chi connectivity index (χ4n) is 2.50. The van der Waals surface area contributed by atoms with Crippen molar-refractivity contribution in [1.29, 1.82) is 5.39 Å². The van der Waals surface area contributed by atoms with Gasteiger partial charge < -0.3 is 9.84 Å². The molecule has 0 fully saturated rings. The lowest BCUT2D eigenvalue weighted by Gasteiger charge is -2.17. The Morgan fingerprint density at radius 3 is 2.58 bits per heavy atom. The molecule has 0 radical (unpaired) electrons. The maximum absolute atomic E-state index is 11.4. The first kappa shape index (κ1) is 21.5. The third-order valence-corrected chi connectivity index (χ3v) is 4.90. The van der Waals surface area contributed by atoms with E-state index >= 15 is 0 Å². The average molecular weight is 373 g/mol. The first-order chi connectivity index (χ1) is 12.4. The highest BCUT2D eigenvalue weighted by Crippen LogP contribution is 2.27. The van der Waals surface area contributed by atoms with Crippen LogP contribution in [0, 0.1) is 11.3 Å². The number of methoxy groups -OCH3 is 1. The third kappa shape index (κ3) is 6.77. The lowest BCUT2D eigenvalue weighted by atomic mass is 9.89. The maximum Gasteiger partial charge on any atom is 0.505 e. The van der Waals surface area contributed by atoms with E-state index in [0.717, 1.165) is 24.0 Å². The van der Waals surface area contributed by atoms with Gasteiger partial charge in [-0.1, -0.05) is 42.0 Å². The molecule has 1 atom stereocenters. The van der Waals surface area contributed by atoms with Crippen molar-refractivity contribution in [3.05, 3.63) is 70.6 Å². The van der Waals surface area contributed by atoms with Crippen molar-refractivity contribution in [2.75, 3.05) is 12.9 Å². The molecule has 1 rings (SSSR count). The normalized spacial score (nSPS) is 13.4. The van der Waals surface area contributed by atoms with Gasteiger partial charge in [0, 0.05) is 23.0 Å². The fraction of sp³-hybridized carbons (Fsp3) is 0.350. The van der Waals surface area contributed by atoms with E-state index in [2.05, 4.69) is 34.5 Å². The number of aliphatic hydroxyl groups is 1. The number of allylic oxidation sites excluding steroid dienone is 3. The summed E-state index contributed by atoms with van der Waals surface area (Å²) in [5.74, 6) is -0.271. The van der Waals surface area contributed by atoms with Crippen molar-refractivity contribution in [3.8, 4) is 0 Å². The standard InChI is InChI=1S/C20H24N2O3S/c1-14(2)17(10-11-18(23)19(22-21)20(24)25-4)15(3)12-13-26-16-8-6-5-7-9-16/h5-9,12,17H,1,10-11,13H2,2-4H3/p+1/b15-12-/t17-/m0/s1. The highest BCUT2D eigenvalue weighted by atomic mass is 32.2. The van der Waals surface area contributed by atoms with Gasteiger partial charge in [-0.15, -0.1) is 11.8 Å². The number of esters is 1. The minimum Gasteiger partial charge on any atom is -0.505 e. The first-order valence-electron chi connectivity index (χ1n) is 8.26. The molecule has 1 aromatic rings. The summed E-state index contributed by atoms with van der Waals surface area (Å²) in [5.41, 5.74) is 1.65. The molecule has 0 aliphatic rings. The van der Waals surface area contributed by atoms with Crippen LogP contribution < -0.4 is 0 Å². The summed E-state index contributed by atoms with van der Waals surface area (Å²) in [5, 5.41) is 18.9. The lowest BCUT2D eigenvalue weighted by Crippen LogP contribution is -2.08. The van der Waals surface area contributed by atoms with Crippen LogP contribution in [0.1, 0.15) is 26.7 Å². The van der Waals surface area contributed by atoms with Crippen molar-refractivity contribution in [2.24, 2.45) is 5.92 Å². The van der Waals surface area contributed by atoms with E-state index in [9.17, 15) is 9.90 Å². The summed E-state index contributed by atoms with van der Waals surface area (Å²) in [6, 6.07) is 10.1. The molecule has 1 N–H and O–H groups in total. The summed E-state index contributed by atoms with van der Waals surface area (Å²) in [6.45, 7) is 7.99. The molecule has 138 valence electrons. The molecule has 0 aliphatic heterocycles. The van der Waals surface area contributed by atoms with Crippen molar-refractivity contribution < 1.29 is 14.6 Å². The van der Waals surface area contributed by atoms with Gasteiger partial charge in [-0.25, -0.2) is 4.79 Å². The molecule has 26 heavy (non-hydrogen) atoms. The molecule has 0 unspecified atom stereocenters. The molecule has 0 aromatic heterocycles. The second-order valence-corrected chi connectivity index (χ2v) is 6.99. The molecule has 0 spiro atoms. The Labute approximate surface area is 159 Å². The first-order valence-corrected chi connectivity index (χ1v) is 9.24. The van der Waals surface area contributed by atoms with E-state index in [1.807, 2.05) is 32.0 Å². The summed E-state index contributed by atoms with van der Waals surface area (Å²) in [4.78, 5) is 15.5. The van der Waals surface area contributed by atoms with Gasteiger partial charge in [-0.3, -0.25) is 0 Å². The fourth-order valence-corrected chi connectivity index (χ4v) is 3.39. The number of benzene rings is 1. The van der Waals surface area contributed by atoms with Gasteiger partial charge >= 0.3 is 11.7 Å². The number of thioether (sulfide) groups is 1. The molecule has 5 nitrogen and oxygen atoms in total. The van der Waals surface area contributed by atoms with Crippen molar-refractivity contribution >= 4 is 17.7 Å². The molecular weight excluding hydrogens is 348 g/mol. The lowest BCUT2D eigenvalue weighted by molar-refractivity contribution is -0.136. The van der Waals surface area contributed by atoms with Gasteiger partial charge in [0.15, 0.2) is 10.7 Å². The highest BCUT2D eigenvalue weighted by Gasteiger charge is 2.30. The molecule has 0 heterocycles. The Kier molecular flexibility index (Phi) is 9.24. The summed E-state index contributed by atoms with van der Waals surface area (Å²) in [7, 11) is 1.16. The summed E-state index contributed by atoms with van der Waals surface area (Å²) >= 11 is 1.74. The molecule has 0 saturated carbocycles. The Hall–Kier alpha value is -2.52. The number of carbonyl (C=O) groups excluding carboxylic acids is 1. The number of nitrogens with zero attached hydrogens (tertiary/aromatic N) is 2. The average Bonchev–Trinajstić information content (AvgIpc) is 2.62. The molecule has 0 aliphatic carbocycles. The molecule has 6 heteroatoms. The zero-order valence-electron chi connectivity index (χ0n) is 15.4. The van der Waals surface area contributed by atoms with E-state index in [1.165, 1.54) is 4.90 Å². The van der Waals surface area contributed by atoms with Crippen molar-refractivity contribution in [1.82, 2.24) is 0 Å². The van der Waals surface area contributed by atoms with Gasteiger partial charge in [-0.05, 0) is 32.4 Å². The van der Waals surface area contributed by atoms with Gasteiger partial charge in [0.1, 0.15) is 0 Å². The van der Waals surface area contributed by atoms with Crippen LogP contribution in [0.3, 0.4) is 0 Å². The Morgan fingerprint density at radius 1 is 1.38 bits per heavy atom. The number of diazo groups is 1. The van der Waals surface area contributed by atoms with Crippen LogP contribution in [0.5, 0.6) is 0 Å². The van der Waals surface area contributed by atoms with E-state index in [1.54, 1.807) is 11.8 Å². The Balaban J connectivity index is 2.74. The second-order valence-electron chi connectivity index (χ2n) is 5.90. The second kappa shape index (κ2) is 11.2. The van der Waals surface area contributed by atoms with Gasteiger partial charge in [0.05, 0.1) is 7.11 Å². The topological polar surface area (TPSA) is 74.7 Å². The van der Waals surface area contributed by atoms with Gasteiger partial charge in [0.25, 0.3) is 0 Å². The van der Waals surface area contributed by atoms with Crippen LogP contribution in [0.4, 0.5) is 0 Å². The molecular formula is C20H25N2O3S+. The Morgan fingerprint density at radius 2 is 2.04 bits per heavy atom. The predicted molar refractivity (Wildman–Crippen MR) is 105 cm³/mol. The minimum atomic E-state index is -0.872. The van der Waals surface area contributed by atoms with E-state index < -0.39 is 11.7 Å². The maximum atomic E-state index is 11.4. The van der Waals surface area contributed by atoms with Crippen molar-refractivity contribution in [2.45, 2.75) is 31.6 Å². The number of hydrogen-bond acceptors (Lipinski definition) is 5. The monoisotopic (exact) mass is 373 g/mol. The zero-order valence-corrected chi connectivity index (χ0v) is 16.3. The van der Waals surface area contributed by atoms with Crippen LogP contribution in [0.15, 0.2) is 70.5 Å². The predicted octanol–water partition coefficient (Wildman–Crippen LogP) is 5.49. The Bertz CT molecular complexity index is 733. The molecule has 1 aromatic carbocycles. The van der Waals surface area contributed by atoms with Gasteiger partial charge in [-0.2, -0.15) is 0 Å². The SMILES string of the molecule is C=C(C)[C@H](CC/C(O)=C(\[N+]#N)C(=O)OC)/C(C)=C\CSc1ccccc1. The van der Waals surface area contributed by atoms with E-state index in [-0.39, 0.29) is 18.1 Å². The zero-order chi connectivity index (χ0) is 19.5. The van der Waals surface area contributed by atoms with Crippen LogP contribution in [0.2, 0.25) is 0 Å². The van der Waals surface area contributed by atoms with E-state index in [0.29, 0.717) is 6.42 Å². The quantitative estimate of drug-likeness (QED) is 0.155. The van der Waals surface area contributed by atoms with Gasteiger partial charge in [0.2, 0.25) is 5.39 Å². The largest absolute Gasteiger partial charge is 0.505 e. The van der Waals surface area contributed by atoms with Crippen LogP contribution in [-0.2, 0) is 9.53 Å². The number of rotatable bonds is 9. The molecule has 0 amide bonds. The minimum absolute atomic E-state index is 0.0612.